The number of hydrogen-bond donors (Lipinski definition) is 2. The van der Waals surface area contributed by atoms with Gasteiger partial charge in [-0.05, 0) is 23.8 Å². The predicted molar refractivity (Wildman–Crippen MR) is 61.0 cm³/mol. The largest absolute Gasteiger partial charge is 0.477 e. The van der Waals surface area contributed by atoms with E-state index in [0.717, 1.165) is 23.5 Å². The molecule has 1 aromatic heterocycles. The zero-order valence-corrected chi connectivity index (χ0v) is 9.52. The van der Waals surface area contributed by atoms with Gasteiger partial charge in [-0.3, -0.25) is 0 Å². The highest BCUT2D eigenvalue weighted by atomic mass is 32.1. The Balaban J connectivity index is 2.56. The maximum absolute atomic E-state index is 13.0. The van der Waals surface area contributed by atoms with Crippen molar-refractivity contribution in [3.05, 3.63) is 40.5 Å². The molecule has 94 valence electrons. The van der Waals surface area contributed by atoms with Crippen LogP contribution in [-0.4, -0.2) is 11.1 Å². The first-order chi connectivity index (χ1) is 8.40. The molecule has 0 unspecified atom stereocenters. The number of aromatic carboxylic acids is 1. The number of halogens is 3. The minimum Gasteiger partial charge on any atom is -0.477 e. The molecule has 0 amide bonds. The molecular formula is C11H6F3NO2S. The van der Waals surface area contributed by atoms with Gasteiger partial charge in [-0.15, -0.1) is 11.3 Å². The second-order valence-corrected chi connectivity index (χ2v) is 4.51. The van der Waals surface area contributed by atoms with E-state index in [0.29, 0.717) is 0 Å². The van der Waals surface area contributed by atoms with Crippen LogP contribution in [0.3, 0.4) is 0 Å². The average Bonchev–Trinajstić information content (AvgIpc) is 2.67. The smallest absolute Gasteiger partial charge is 0.348 e. The van der Waals surface area contributed by atoms with E-state index in [9.17, 15) is 18.0 Å². The number of hydrogen-bond acceptors (Lipinski definition) is 3. The van der Waals surface area contributed by atoms with Gasteiger partial charge in [-0.1, -0.05) is 0 Å². The number of carbonyl (C=O) groups is 1. The van der Waals surface area contributed by atoms with E-state index < -0.39 is 23.4 Å². The fourth-order valence-corrected chi connectivity index (χ4v) is 2.32. The summed E-state index contributed by atoms with van der Waals surface area (Å²) < 4.78 is 38.8. The lowest BCUT2D eigenvalue weighted by molar-refractivity contribution is 0.0703. The lowest BCUT2D eigenvalue weighted by Crippen LogP contribution is -1.96. The third-order valence-electron chi connectivity index (χ3n) is 2.22. The topological polar surface area (TPSA) is 63.3 Å². The molecule has 0 aliphatic rings. The maximum atomic E-state index is 13.0. The van der Waals surface area contributed by atoms with E-state index >= 15 is 0 Å². The van der Waals surface area contributed by atoms with Crippen LogP contribution in [0.2, 0.25) is 0 Å². The molecular weight excluding hydrogens is 267 g/mol. The summed E-state index contributed by atoms with van der Waals surface area (Å²) in [6, 6.07) is 2.85. The summed E-state index contributed by atoms with van der Waals surface area (Å²) in [7, 11) is 0. The van der Waals surface area contributed by atoms with Crippen molar-refractivity contribution in [1.82, 2.24) is 0 Å². The quantitative estimate of drug-likeness (QED) is 0.826. The number of benzene rings is 1. The number of anilines is 1. The van der Waals surface area contributed by atoms with E-state index in [2.05, 4.69) is 0 Å². The molecule has 0 fully saturated rings. The Bertz CT molecular complexity index is 616. The van der Waals surface area contributed by atoms with Crippen molar-refractivity contribution in [2.24, 2.45) is 0 Å². The van der Waals surface area contributed by atoms with E-state index in [4.69, 9.17) is 10.8 Å². The summed E-state index contributed by atoms with van der Waals surface area (Å²) >= 11 is 0.764. The number of nitrogen functional groups attached to an aromatic ring is 1. The molecule has 3 N–H and O–H groups in total. The molecule has 3 nitrogen and oxygen atoms in total. The standard InChI is InChI=1S/C11H6F3NO2S/c12-5-1-4(2-6(13)9(5)14)8-3-7(15)10(18-8)11(16)17/h1-3H,15H2,(H,16,17). The molecule has 18 heavy (non-hydrogen) atoms. The predicted octanol–water partition coefficient (Wildman–Crippen LogP) is 3.11. The Morgan fingerprint density at radius 2 is 1.72 bits per heavy atom. The fraction of sp³-hybridized carbons (Fsp3) is 0. The van der Waals surface area contributed by atoms with Crippen molar-refractivity contribution in [2.75, 3.05) is 5.73 Å². The van der Waals surface area contributed by atoms with Crippen LogP contribution in [-0.2, 0) is 0 Å². The second-order valence-electron chi connectivity index (χ2n) is 3.45. The van der Waals surface area contributed by atoms with Gasteiger partial charge in [0.2, 0.25) is 0 Å². The van der Waals surface area contributed by atoms with Crippen LogP contribution >= 0.6 is 11.3 Å². The highest BCUT2D eigenvalue weighted by Crippen LogP contribution is 2.34. The highest BCUT2D eigenvalue weighted by molar-refractivity contribution is 7.17. The van der Waals surface area contributed by atoms with Crippen LogP contribution < -0.4 is 5.73 Å². The monoisotopic (exact) mass is 273 g/mol. The van der Waals surface area contributed by atoms with Gasteiger partial charge in [0, 0.05) is 4.88 Å². The van der Waals surface area contributed by atoms with Crippen molar-refractivity contribution in [3.63, 3.8) is 0 Å². The Morgan fingerprint density at radius 3 is 2.17 bits per heavy atom. The van der Waals surface area contributed by atoms with E-state index in [1.165, 1.54) is 6.07 Å². The minimum absolute atomic E-state index is 0.00681. The van der Waals surface area contributed by atoms with Crippen molar-refractivity contribution in [2.45, 2.75) is 0 Å². The van der Waals surface area contributed by atoms with Gasteiger partial charge in [-0.2, -0.15) is 0 Å². The Hall–Kier alpha value is -2.02. The van der Waals surface area contributed by atoms with Gasteiger partial charge < -0.3 is 10.8 Å². The molecule has 2 aromatic rings. The molecule has 7 heteroatoms. The van der Waals surface area contributed by atoms with Gasteiger partial charge in [0.1, 0.15) is 4.88 Å². The first kappa shape index (κ1) is 12.4. The molecule has 2 rings (SSSR count). The molecule has 0 aliphatic heterocycles. The van der Waals surface area contributed by atoms with Crippen molar-refractivity contribution < 1.29 is 23.1 Å². The first-order valence-electron chi connectivity index (χ1n) is 4.67. The summed E-state index contributed by atoms with van der Waals surface area (Å²) in [6.45, 7) is 0. The third kappa shape index (κ3) is 2.04. The molecule has 0 radical (unpaired) electrons. The molecule has 0 saturated carbocycles. The second kappa shape index (κ2) is 4.34. The first-order valence-corrected chi connectivity index (χ1v) is 5.49. The summed E-state index contributed by atoms with van der Waals surface area (Å²) in [5.74, 6) is -5.48. The lowest BCUT2D eigenvalue weighted by Gasteiger charge is -2.00. The SMILES string of the molecule is Nc1cc(-c2cc(F)c(F)c(F)c2)sc1C(=O)O. The Morgan fingerprint density at radius 1 is 1.17 bits per heavy atom. The van der Waals surface area contributed by atoms with Gasteiger partial charge in [0.15, 0.2) is 17.5 Å². The summed E-state index contributed by atoms with van der Waals surface area (Å²) in [5.41, 5.74) is 5.48. The van der Waals surface area contributed by atoms with Gasteiger partial charge >= 0.3 is 5.97 Å². The number of carboxylic acid groups (broad SMARTS) is 1. The Labute approximate surface area is 103 Å². The molecule has 1 heterocycles. The minimum atomic E-state index is -1.57. The van der Waals surface area contributed by atoms with Gasteiger partial charge in [0.05, 0.1) is 5.69 Å². The summed E-state index contributed by atoms with van der Waals surface area (Å²) in [5, 5.41) is 8.80. The average molecular weight is 273 g/mol. The number of carboxylic acids is 1. The molecule has 0 saturated heterocycles. The number of nitrogens with two attached hydrogens (primary N) is 1. The third-order valence-corrected chi connectivity index (χ3v) is 3.41. The summed E-state index contributed by atoms with van der Waals surface area (Å²) in [6.07, 6.45) is 0. The normalized spacial score (nSPS) is 10.6. The molecule has 0 atom stereocenters. The van der Waals surface area contributed by atoms with Crippen molar-refractivity contribution in [3.8, 4) is 10.4 Å². The van der Waals surface area contributed by atoms with Crippen LogP contribution in [0.25, 0.3) is 10.4 Å². The van der Waals surface area contributed by atoms with Crippen LogP contribution in [0.1, 0.15) is 9.67 Å². The van der Waals surface area contributed by atoms with Crippen molar-refractivity contribution >= 4 is 23.0 Å². The Kier molecular flexibility index (Phi) is 3.00. The van der Waals surface area contributed by atoms with Crippen LogP contribution in [0.4, 0.5) is 18.9 Å². The zero-order chi connectivity index (χ0) is 13.4. The number of thiophene rings is 1. The highest BCUT2D eigenvalue weighted by Gasteiger charge is 2.17. The molecule has 0 bridgehead atoms. The van der Waals surface area contributed by atoms with Gasteiger partial charge in [0.25, 0.3) is 0 Å². The summed E-state index contributed by atoms with van der Waals surface area (Å²) in [4.78, 5) is 10.9. The van der Waals surface area contributed by atoms with Gasteiger partial charge in [-0.25, -0.2) is 18.0 Å². The molecule has 1 aromatic carbocycles. The van der Waals surface area contributed by atoms with E-state index in [1.54, 1.807) is 0 Å². The fourth-order valence-electron chi connectivity index (χ4n) is 1.41. The van der Waals surface area contributed by atoms with Crippen LogP contribution in [0.15, 0.2) is 18.2 Å². The van der Waals surface area contributed by atoms with E-state index in [1.807, 2.05) is 0 Å². The molecule has 0 aliphatic carbocycles. The van der Waals surface area contributed by atoms with Crippen LogP contribution in [0.5, 0.6) is 0 Å². The molecule has 0 spiro atoms. The maximum Gasteiger partial charge on any atom is 0.348 e. The van der Waals surface area contributed by atoms with Crippen molar-refractivity contribution in [1.29, 1.82) is 0 Å². The van der Waals surface area contributed by atoms with Crippen LogP contribution in [0, 0.1) is 17.5 Å². The van der Waals surface area contributed by atoms with E-state index in [-0.39, 0.29) is 21.0 Å². The zero-order valence-electron chi connectivity index (χ0n) is 8.71. The number of rotatable bonds is 2. The lowest BCUT2D eigenvalue weighted by atomic mass is 10.1.